The third kappa shape index (κ3) is 4.32. The molecule has 0 saturated heterocycles. The number of carbonyl (C=O) groups excluding carboxylic acids is 2. The summed E-state index contributed by atoms with van der Waals surface area (Å²) in [6.07, 6.45) is 0.875. The van der Waals surface area contributed by atoms with Gasteiger partial charge < -0.3 is 14.8 Å². The molecule has 33 heavy (non-hydrogen) atoms. The van der Waals surface area contributed by atoms with Crippen molar-refractivity contribution in [2.75, 3.05) is 24.4 Å². The summed E-state index contributed by atoms with van der Waals surface area (Å²) in [4.78, 5) is 28.3. The minimum atomic E-state index is -0.415. The van der Waals surface area contributed by atoms with Gasteiger partial charge in [-0.1, -0.05) is 48.9 Å². The lowest BCUT2D eigenvalue weighted by Crippen LogP contribution is -2.32. The first-order valence-corrected chi connectivity index (χ1v) is 10.7. The van der Waals surface area contributed by atoms with Crippen LogP contribution in [0, 0.1) is 6.92 Å². The Balaban J connectivity index is 1.81. The van der Waals surface area contributed by atoms with Crippen LogP contribution >= 0.6 is 0 Å². The van der Waals surface area contributed by atoms with E-state index in [4.69, 9.17) is 9.47 Å². The van der Waals surface area contributed by atoms with Crippen LogP contribution in [-0.2, 0) is 16.0 Å². The molecule has 0 aliphatic carbocycles. The number of methoxy groups -OCH3 is 2. The molecule has 0 unspecified atom stereocenters. The van der Waals surface area contributed by atoms with E-state index >= 15 is 0 Å². The molecule has 6 heteroatoms. The zero-order valence-corrected chi connectivity index (χ0v) is 19.1. The molecule has 3 aromatic rings. The molecule has 3 aromatic carbocycles. The highest BCUT2D eigenvalue weighted by Gasteiger charge is 2.40. The van der Waals surface area contributed by atoms with Gasteiger partial charge in [0.15, 0.2) is 0 Å². The predicted octanol–water partition coefficient (Wildman–Crippen LogP) is 4.97. The third-order valence-corrected chi connectivity index (χ3v) is 5.65. The molecular weight excluding hydrogens is 416 g/mol. The van der Waals surface area contributed by atoms with Crippen molar-refractivity contribution in [2.24, 2.45) is 0 Å². The maximum atomic E-state index is 13.6. The lowest BCUT2D eigenvalue weighted by Gasteiger charge is -2.16. The van der Waals surface area contributed by atoms with Crippen LogP contribution in [0.2, 0.25) is 0 Å². The molecule has 1 aliphatic rings. The van der Waals surface area contributed by atoms with Crippen molar-refractivity contribution < 1.29 is 19.1 Å². The summed E-state index contributed by atoms with van der Waals surface area (Å²) >= 11 is 0. The van der Waals surface area contributed by atoms with Crippen molar-refractivity contribution in [3.05, 3.63) is 89.1 Å². The van der Waals surface area contributed by atoms with E-state index in [0.717, 1.165) is 17.5 Å². The number of rotatable bonds is 7. The molecule has 0 fully saturated rings. The molecule has 2 amide bonds. The normalized spacial score (nSPS) is 13.5. The lowest BCUT2D eigenvalue weighted by molar-refractivity contribution is -0.120. The summed E-state index contributed by atoms with van der Waals surface area (Å²) in [7, 11) is 3.11. The monoisotopic (exact) mass is 442 g/mol. The van der Waals surface area contributed by atoms with Crippen molar-refractivity contribution in [3.8, 4) is 11.5 Å². The summed E-state index contributed by atoms with van der Waals surface area (Å²) < 4.78 is 10.7. The van der Waals surface area contributed by atoms with Gasteiger partial charge in [-0.3, -0.25) is 9.59 Å². The van der Waals surface area contributed by atoms with Crippen LogP contribution in [0.3, 0.4) is 0 Å². The van der Waals surface area contributed by atoms with Crippen LogP contribution < -0.4 is 19.7 Å². The Morgan fingerprint density at radius 3 is 1.97 bits per heavy atom. The molecule has 0 atom stereocenters. The SMILES string of the molecule is CCc1ccc(N2C(=O)C(Nc3cc(OC)cc(OC)c3)=C(c3ccc(C)cc3)C2=O)cc1. The third-order valence-electron chi connectivity index (χ3n) is 5.65. The summed E-state index contributed by atoms with van der Waals surface area (Å²) in [5, 5.41) is 3.16. The minimum Gasteiger partial charge on any atom is -0.497 e. The predicted molar refractivity (Wildman–Crippen MR) is 130 cm³/mol. The van der Waals surface area contributed by atoms with Crippen LogP contribution in [0.4, 0.5) is 11.4 Å². The van der Waals surface area contributed by atoms with Crippen LogP contribution in [0.25, 0.3) is 5.57 Å². The van der Waals surface area contributed by atoms with Crippen LogP contribution in [-0.4, -0.2) is 26.0 Å². The first kappa shape index (κ1) is 22.1. The smallest absolute Gasteiger partial charge is 0.282 e. The number of carbonyl (C=O) groups is 2. The second-order valence-corrected chi connectivity index (χ2v) is 7.81. The van der Waals surface area contributed by atoms with Gasteiger partial charge in [0.1, 0.15) is 17.2 Å². The van der Waals surface area contributed by atoms with E-state index in [0.29, 0.717) is 34.0 Å². The van der Waals surface area contributed by atoms with Crippen molar-refractivity contribution >= 4 is 28.8 Å². The number of imide groups is 1. The number of aryl methyl sites for hydroxylation is 2. The zero-order chi connectivity index (χ0) is 23.5. The number of nitrogens with one attached hydrogen (secondary N) is 1. The second-order valence-electron chi connectivity index (χ2n) is 7.81. The molecule has 6 nitrogen and oxygen atoms in total. The Labute approximate surface area is 193 Å². The van der Waals surface area contributed by atoms with Gasteiger partial charge in [-0.2, -0.15) is 0 Å². The maximum Gasteiger partial charge on any atom is 0.282 e. The fraction of sp³-hybridized carbons (Fsp3) is 0.185. The van der Waals surface area contributed by atoms with Crippen molar-refractivity contribution in [1.82, 2.24) is 0 Å². The van der Waals surface area contributed by atoms with Crippen LogP contribution in [0.5, 0.6) is 11.5 Å². The van der Waals surface area contributed by atoms with E-state index in [2.05, 4.69) is 12.2 Å². The summed E-state index contributed by atoms with van der Waals surface area (Å²) in [6.45, 7) is 4.03. The Morgan fingerprint density at radius 1 is 0.818 bits per heavy atom. The number of amides is 2. The average Bonchev–Trinajstić information content (AvgIpc) is 3.08. The largest absolute Gasteiger partial charge is 0.497 e. The van der Waals surface area contributed by atoms with Gasteiger partial charge in [0.25, 0.3) is 11.8 Å². The minimum absolute atomic E-state index is 0.207. The summed E-state index contributed by atoms with van der Waals surface area (Å²) in [6, 6.07) is 20.3. The highest BCUT2D eigenvalue weighted by molar-refractivity contribution is 6.46. The maximum absolute atomic E-state index is 13.6. The number of ether oxygens (including phenoxy) is 2. The standard InChI is InChI=1S/C27H26N2O4/c1-5-18-8-12-21(13-9-18)29-26(30)24(19-10-6-17(2)7-11-19)25(27(29)31)28-20-14-22(32-3)16-23(15-20)33-4/h6-16,28H,5H2,1-4H3. The Morgan fingerprint density at radius 2 is 1.42 bits per heavy atom. The lowest BCUT2D eigenvalue weighted by atomic mass is 10.0. The highest BCUT2D eigenvalue weighted by atomic mass is 16.5. The molecule has 1 aliphatic heterocycles. The fourth-order valence-corrected chi connectivity index (χ4v) is 3.77. The highest BCUT2D eigenvalue weighted by Crippen LogP contribution is 2.35. The van der Waals surface area contributed by atoms with Gasteiger partial charge >= 0.3 is 0 Å². The van der Waals surface area contributed by atoms with Crippen molar-refractivity contribution in [1.29, 1.82) is 0 Å². The van der Waals surface area contributed by atoms with Crippen LogP contribution in [0.15, 0.2) is 72.4 Å². The quantitative estimate of drug-likeness (QED) is 0.523. The average molecular weight is 443 g/mol. The molecular formula is C27H26N2O4. The first-order chi connectivity index (χ1) is 15.9. The molecule has 0 aromatic heterocycles. The Kier molecular flexibility index (Phi) is 6.18. The number of hydrogen-bond donors (Lipinski definition) is 1. The van der Waals surface area contributed by atoms with E-state index in [-0.39, 0.29) is 11.6 Å². The van der Waals surface area contributed by atoms with E-state index in [1.54, 1.807) is 44.6 Å². The molecule has 1 N–H and O–H groups in total. The number of benzene rings is 3. The molecule has 4 rings (SSSR count). The zero-order valence-electron chi connectivity index (χ0n) is 19.1. The molecule has 0 radical (unpaired) electrons. The molecule has 0 saturated carbocycles. The molecule has 0 spiro atoms. The summed E-state index contributed by atoms with van der Waals surface area (Å²) in [5.74, 6) is 0.350. The number of nitrogens with zero attached hydrogens (tertiary/aromatic N) is 1. The van der Waals surface area contributed by atoms with Crippen molar-refractivity contribution in [2.45, 2.75) is 20.3 Å². The van der Waals surface area contributed by atoms with Gasteiger partial charge in [-0.25, -0.2) is 4.90 Å². The van der Waals surface area contributed by atoms with Gasteiger partial charge in [-0.15, -0.1) is 0 Å². The Bertz CT molecular complexity index is 1210. The topological polar surface area (TPSA) is 67.9 Å². The molecule has 168 valence electrons. The summed E-state index contributed by atoms with van der Waals surface area (Å²) in [5.41, 5.74) is 4.51. The number of anilines is 2. The van der Waals surface area contributed by atoms with Gasteiger partial charge in [0.05, 0.1) is 25.5 Å². The number of hydrogen-bond acceptors (Lipinski definition) is 5. The van der Waals surface area contributed by atoms with E-state index in [1.807, 2.05) is 43.3 Å². The van der Waals surface area contributed by atoms with Gasteiger partial charge in [0.2, 0.25) is 0 Å². The first-order valence-electron chi connectivity index (χ1n) is 10.7. The van der Waals surface area contributed by atoms with Gasteiger partial charge in [-0.05, 0) is 36.6 Å². The molecule has 1 heterocycles. The van der Waals surface area contributed by atoms with Crippen LogP contribution in [0.1, 0.15) is 23.6 Å². The van der Waals surface area contributed by atoms with E-state index in [9.17, 15) is 9.59 Å². The Hall–Kier alpha value is -4.06. The van der Waals surface area contributed by atoms with Gasteiger partial charge in [0, 0.05) is 23.9 Å². The van der Waals surface area contributed by atoms with Crippen molar-refractivity contribution in [3.63, 3.8) is 0 Å². The fourth-order valence-electron chi connectivity index (χ4n) is 3.77. The van der Waals surface area contributed by atoms with E-state index < -0.39 is 5.91 Å². The van der Waals surface area contributed by atoms with E-state index in [1.165, 1.54) is 4.90 Å². The second kappa shape index (κ2) is 9.20. The molecule has 0 bridgehead atoms.